The number of carbonyl (C=O) groups is 1. The van der Waals surface area contributed by atoms with Gasteiger partial charge in [0.2, 0.25) is 0 Å². The smallest absolute Gasteiger partial charge is 0.254 e. The van der Waals surface area contributed by atoms with Crippen molar-refractivity contribution in [2.75, 3.05) is 33.3 Å². The van der Waals surface area contributed by atoms with Crippen LogP contribution in [-0.2, 0) is 6.54 Å². The normalized spacial score (nSPS) is 16.9. The van der Waals surface area contributed by atoms with Gasteiger partial charge in [0.25, 0.3) is 5.91 Å². The molecule has 1 aliphatic rings. The number of piperidine rings is 1. The van der Waals surface area contributed by atoms with Crippen molar-refractivity contribution in [2.45, 2.75) is 25.4 Å². The number of nitrogens with two attached hydrogens (primary N) is 1. The molecular formula is C16H25N3O2. The van der Waals surface area contributed by atoms with Crippen LogP contribution < -0.4 is 5.73 Å². The summed E-state index contributed by atoms with van der Waals surface area (Å²) in [5.41, 5.74) is 7.26. The first-order valence-corrected chi connectivity index (χ1v) is 7.55. The zero-order chi connectivity index (χ0) is 15.2. The Hall–Kier alpha value is -1.43. The number of amides is 1. The minimum atomic E-state index is -0.00103. The van der Waals surface area contributed by atoms with Gasteiger partial charge in [-0.15, -0.1) is 0 Å². The van der Waals surface area contributed by atoms with E-state index in [2.05, 4.69) is 11.9 Å². The lowest BCUT2D eigenvalue weighted by Crippen LogP contribution is -2.47. The average Bonchev–Trinajstić information content (AvgIpc) is 2.53. The van der Waals surface area contributed by atoms with Crippen molar-refractivity contribution in [3.05, 3.63) is 35.4 Å². The summed E-state index contributed by atoms with van der Waals surface area (Å²) >= 11 is 0. The fraction of sp³-hybridized carbons (Fsp3) is 0.562. The molecule has 1 saturated heterocycles. The first kappa shape index (κ1) is 15.9. The molecule has 0 saturated carbocycles. The third kappa shape index (κ3) is 4.03. The van der Waals surface area contributed by atoms with Gasteiger partial charge in [-0.1, -0.05) is 12.1 Å². The monoisotopic (exact) mass is 291 g/mol. The van der Waals surface area contributed by atoms with E-state index in [0.717, 1.165) is 31.5 Å². The number of hydrogen-bond acceptors (Lipinski definition) is 4. The van der Waals surface area contributed by atoms with Gasteiger partial charge < -0.3 is 20.6 Å². The Bertz CT molecular complexity index is 453. The lowest BCUT2D eigenvalue weighted by Gasteiger charge is -2.37. The molecule has 1 aromatic rings. The number of likely N-dealkylation sites (tertiary alicyclic amines) is 1. The molecule has 1 fully saturated rings. The van der Waals surface area contributed by atoms with Gasteiger partial charge in [0.1, 0.15) is 0 Å². The number of hydrogen-bond donors (Lipinski definition) is 2. The van der Waals surface area contributed by atoms with Crippen LogP contribution in [-0.4, -0.2) is 60.1 Å². The van der Waals surface area contributed by atoms with Crippen molar-refractivity contribution >= 4 is 5.91 Å². The lowest BCUT2D eigenvalue weighted by atomic mass is 10.0. The van der Waals surface area contributed by atoms with Crippen LogP contribution in [0.1, 0.15) is 28.8 Å². The lowest BCUT2D eigenvalue weighted by molar-refractivity contribution is 0.0540. The van der Waals surface area contributed by atoms with E-state index < -0.39 is 0 Å². The summed E-state index contributed by atoms with van der Waals surface area (Å²) < 4.78 is 0. The van der Waals surface area contributed by atoms with Crippen LogP contribution in [0.2, 0.25) is 0 Å². The van der Waals surface area contributed by atoms with Gasteiger partial charge in [0, 0.05) is 24.7 Å². The van der Waals surface area contributed by atoms with E-state index in [1.807, 2.05) is 29.2 Å². The van der Waals surface area contributed by atoms with Crippen molar-refractivity contribution in [1.82, 2.24) is 9.80 Å². The van der Waals surface area contributed by atoms with Crippen molar-refractivity contribution in [1.29, 1.82) is 0 Å². The SMILES string of the molecule is CN1CCC(N(CCO)C(=O)c2ccc(CN)cc2)CC1. The molecule has 5 nitrogen and oxygen atoms in total. The second-order valence-corrected chi connectivity index (χ2v) is 5.66. The number of aliphatic hydroxyl groups is 1. The van der Waals surface area contributed by atoms with Crippen LogP contribution >= 0.6 is 0 Å². The molecule has 0 radical (unpaired) electrons. The van der Waals surface area contributed by atoms with Crippen LogP contribution in [0.4, 0.5) is 0 Å². The zero-order valence-electron chi connectivity index (χ0n) is 12.7. The van der Waals surface area contributed by atoms with Crippen LogP contribution in [0, 0.1) is 0 Å². The highest BCUT2D eigenvalue weighted by Crippen LogP contribution is 2.18. The summed E-state index contributed by atoms with van der Waals surface area (Å²) in [5, 5.41) is 9.28. The van der Waals surface area contributed by atoms with Gasteiger partial charge in [-0.25, -0.2) is 0 Å². The summed E-state index contributed by atoms with van der Waals surface area (Å²) in [6.45, 7) is 2.85. The van der Waals surface area contributed by atoms with Crippen molar-refractivity contribution in [3.63, 3.8) is 0 Å². The molecule has 0 bridgehead atoms. The highest BCUT2D eigenvalue weighted by Gasteiger charge is 2.27. The molecule has 2 rings (SSSR count). The first-order chi connectivity index (χ1) is 10.2. The molecule has 1 aliphatic heterocycles. The molecule has 116 valence electrons. The third-order valence-corrected chi connectivity index (χ3v) is 4.17. The molecule has 1 amide bonds. The molecule has 1 aromatic carbocycles. The van der Waals surface area contributed by atoms with Crippen LogP contribution in [0.15, 0.2) is 24.3 Å². The standard InChI is InChI=1S/C16H25N3O2/c1-18-8-6-15(7-9-18)19(10-11-20)16(21)14-4-2-13(12-17)3-5-14/h2-5,15,20H,6-12,17H2,1H3. The molecule has 1 heterocycles. The Labute approximate surface area is 126 Å². The number of benzene rings is 1. The first-order valence-electron chi connectivity index (χ1n) is 7.55. The molecule has 0 aliphatic carbocycles. The third-order valence-electron chi connectivity index (χ3n) is 4.17. The average molecular weight is 291 g/mol. The predicted molar refractivity (Wildman–Crippen MR) is 83.0 cm³/mol. The number of rotatable bonds is 5. The fourth-order valence-corrected chi connectivity index (χ4v) is 2.81. The molecule has 5 heteroatoms. The largest absolute Gasteiger partial charge is 0.395 e. The van der Waals surface area contributed by atoms with Crippen molar-refractivity contribution < 1.29 is 9.90 Å². The maximum absolute atomic E-state index is 12.7. The van der Waals surface area contributed by atoms with Gasteiger partial charge in [-0.3, -0.25) is 4.79 Å². The molecular weight excluding hydrogens is 266 g/mol. The Morgan fingerprint density at radius 2 is 1.95 bits per heavy atom. The van der Waals surface area contributed by atoms with Crippen LogP contribution in [0.5, 0.6) is 0 Å². The van der Waals surface area contributed by atoms with Gasteiger partial charge >= 0.3 is 0 Å². The minimum Gasteiger partial charge on any atom is -0.395 e. The molecule has 3 N–H and O–H groups in total. The Morgan fingerprint density at radius 1 is 1.33 bits per heavy atom. The van der Waals surface area contributed by atoms with E-state index in [1.54, 1.807) is 0 Å². The number of nitrogens with zero attached hydrogens (tertiary/aromatic N) is 2. The van der Waals surface area contributed by atoms with Crippen LogP contribution in [0.3, 0.4) is 0 Å². The summed E-state index contributed by atoms with van der Waals surface area (Å²) in [6.07, 6.45) is 1.92. The molecule has 21 heavy (non-hydrogen) atoms. The highest BCUT2D eigenvalue weighted by molar-refractivity contribution is 5.94. The fourth-order valence-electron chi connectivity index (χ4n) is 2.81. The molecule has 0 aromatic heterocycles. The minimum absolute atomic E-state index is 0.00103. The second kappa shape index (κ2) is 7.54. The predicted octanol–water partition coefficient (Wildman–Crippen LogP) is 0.674. The van der Waals surface area contributed by atoms with Crippen molar-refractivity contribution in [3.8, 4) is 0 Å². The summed E-state index contributed by atoms with van der Waals surface area (Å²) in [4.78, 5) is 16.8. The maximum Gasteiger partial charge on any atom is 0.254 e. The Morgan fingerprint density at radius 3 is 2.48 bits per heavy atom. The van der Waals surface area contributed by atoms with Gasteiger partial charge in [-0.05, 0) is 50.7 Å². The zero-order valence-corrected chi connectivity index (χ0v) is 12.7. The van der Waals surface area contributed by atoms with E-state index in [0.29, 0.717) is 18.7 Å². The molecule has 0 unspecified atom stereocenters. The van der Waals surface area contributed by atoms with Gasteiger partial charge in [0.05, 0.1) is 6.61 Å². The van der Waals surface area contributed by atoms with Gasteiger partial charge in [-0.2, -0.15) is 0 Å². The Balaban J connectivity index is 2.10. The maximum atomic E-state index is 12.7. The number of carbonyl (C=O) groups excluding carboxylic acids is 1. The van der Waals surface area contributed by atoms with E-state index in [-0.39, 0.29) is 18.6 Å². The number of aliphatic hydroxyl groups excluding tert-OH is 1. The van der Waals surface area contributed by atoms with E-state index in [1.165, 1.54) is 0 Å². The van der Waals surface area contributed by atoms with Crippen LogP contribution in [0.25, 0.3) is 0 Å². The second-order valence-electron chi connectivity index (χ2n) is 5.66. The van der Waals surface area contributed by atoms with Gasteiger partial charge in [0.15, 0.2) is 0 Å². The Kier molecular flexibility index (Phi) is 5.73. The van der Waals surface area contributed by atoms with E-state index in [9.17, 15) is 9.90 Å². The molecule has 0 atom stereocenters. The highest BCUT2D eigenvalue weighted by atomic mass is 16.3. The summed E-state index contributed by atoms with van der Waals surface area (Å²) in [6, 6.07) is 7.64. The summed E-state index contributed by atoms with van der Waals surface area (Å²) in [7, 11) is 2.10. The van der Waals surface area contributed by atoms with E-state index in [4.69, 9.17) is 5.73 Å². The molecule has 0 spiro atoms. The van der Waals surface area contributed by atoms with E-state index >= 15 is 0 Å². The van der Waals surface area contributed by atoms with Crippen molar-refractivity contribution in [2.24, 2.45) is 5.73 Å². The summed E-state index contributed by atoms with van der Waals surface area (Å²) in [5.74, 6) is 0.00201. The topological polar surface area (TPSA) is 69.8 Å². The quantitative estimate of drug-likeness (QED) is 0.837.